The van der Waals surface area contributed by atoms with Crippen molar-refractivity contribution in [3.63, 3.8) is 0 Å². The van der Waals surface area contributed by atoms with Gasteiger partial charge in [-0.3, -0.25) is 0 Å². The van der Waals surface area contributed by atoms with E-state index >= 15 is 0 Å². The lowest BCUT2D eigenvalue weighted by Crippen LogP contribution is -2.29. The molecule has 0 unspecified atom stereocenters. The summed E-state index contributed by atoms with van der Waals surface area (Å²) < 4.78 is 5.58. The molecule has 1 heterocycles. The lowest BCUT2D eigenvalue weighted by Gasteiger charge is -2.09. The maximum atomic E-state index is 5.58. The van der Waals surface area contributed by atoms with E-state index in [-0.39, 0.29) is 0 Å². The average Bonchev–Trinajstić information content (AvgIpc) is 2.54. The molecule has 0 fully saturated rings. The lowest BCUT2D eigenvalue weighted by molar-refractivity contribution is 0.455. The topological polar surface area (TPSA) is 59.1 Å². The first kappa shape index (κ1) is 16.2. The summed E-state index contributed by atoms with van der Waals surface area (Å²) in [6.07, 6.45) is 3.49. The molecule has 0 bridgehead atoms. The average molecular weight is 316 g/mol. The van der Waals surface area contributed by atoms with Crippen LogP contribution in [0, 0.1) is 0 Å². The number of nitrogens with one attached hydrogen (secondary N) is 2. The minimum atomic E-state index is 0.443. The molecule has 1 aromatic carbocycles. The summed E-state index contributed by atoms with van der Waals surface area (Å²) >= 11 is 5.20. The van der Waals surface area contributed by atoms with Crippen molar-refractivity contribution in [2.45, 2.75) is 26.2 Å². The van der Waals surface area contributed by atoms with Gasteiger partial charge in [-0.15, -0.1) is 10.2 Å². The van der Waals surface area contributed by atoms with Crippen LogP contribution in [0.25, 0.3) is 0 Å². The number of thiocarbonyl (C=S) groups is 1. The van der Waals surface area contributed by atoms with Gasteiger partial charge >= 0.3 is 0 Å². The van der Waals surface area contributed by atoms with E-state index in [4.69, 9.17) is 17.0 Å². The molecule has 116 valence electrons. The molecule has 22 heavy (non-hydrogen) atoms. The van der Waals surface area contributed by atoms with Crippen molar-refractivity contribution >= 4 is 23.1 Å². The van der Waals surface area contributed by atoms with E-state index in [1.165, 1.54) is 12.8 Å². The minimum absolute atomic E-state index is 0.443. The molecule has 0 spiro atoms. The van der Waals surface area contributed by atoms with Crippen molar-refractivity contribution in [1.82, 2.24) is 15.5 Å². The maximum Gasteiger partial charge on any atom is 0.238 e. The monoisotopic (exact) mass is 316 g/mol. The maximum absolute atomic E-state index is 5.58. The summed E-state index contributed by atoms with van der Waals surface area (Å²) in [6, 6.07) is 13.0. The van der Waals surface area contributed by atoms with Gasteiger partial charge in [0.05, 0.1) is 0 Å². The van der Waals surface area contributed by atoms with E-state index in [9.17, 15) is 0 Å². The number of anilines is 1. The van der Waals surface area contributed by atoms with Crippen LogP contribution in [0.4, 0.5) is 5.82 Å². The summed E-state index contributed by atoms with van der Waals surface area (Å²) in [7, 11) is 0. The van der Waals surface area contributed by atoms with Crippen molar-refractivity contribution in [1.29, 1.82) is 0 Å². The molecule has 6 heteroatoms. The molecule has 1 aromatic heterocycles. The molecular formula is C16H20N4OS. The van der Waals surface area contributed by atoms with E-state index in [0.29, 0.717) is 16.8 Å². The molecule has 2 rings (SSSR count). The molecule has 2 aromatic rings. The highest BCUT2D eigenvalue weighted by Crippen LogP contribution is 2.18. The first-order chi connectivity index (χ1) is 10.8. The Morgan fingerprint density at radius 1 is 1.09 bits per heavy atom. The molecule has 0 radical (unpaired) electrons. The van der Waals surface area contributed by atoms with Crippen molar-refractivity contribution in [2.75, 3.05) is 11.9 Å². The molecule has 2 N–H and O–H groups in total. The van der Waals surface area contributed by atoms with Crippen LogP contribution in [0.3, 0.4) is 0 Å². The van der Waals surface area contributed by atoms with Gasteiger partial charge in [0.15, 0.2) is 10.9 Å². The Morgan fingerprint density at radius 2 is 1.91 bits per heavy atom. The van der Waals surface area contributed by atoms with Gasteiger partial charge in [0.2, 0.25) is 5.88 Å². The second-order valence-corrected chi connectivity index (χ2v) is 5.17. The number of hydrogen-bond acceptors (Lipinski definition) is 4. The number of rotatable bonds is 7. The first-order valence-electron chi connectivity index (χ1n) is 7.39. The Bertz CT molecular complexity index is 574. The fourth-order valence-corrected chi connectivity index (χ4v) is 1.99. The van der Waals surface area contributed by atoms with Crippen molar-refractivity contribution in [3.8, 4) is 11.6 Å². The third-order valence-electron chi connectivity index (χ3n) is 2.91. The molecular weight excluding hydrogens is 296 g/mol. The normalized spacial score (nSPS) is 10.0. The van der Waals surface area contributed by atoms with Crippen LogP contribution in [0.2, 0.25) is 0 Å². The smallest absolute Gasteiger partial charge is 0.238 e. The number of aromatic nitrogens is 2. The highest BCUT2D eigenvalue weighted by Gasteiger charge is 2.02. The van der Waals surface area contributed by atoms with Crippen molar-refractivity contribution in [3.05, 3.63) is 42.5 Å². The zero-order valence-electron chi connectivity index (χ0n) is 12.6. The SMILES string of the molecule is CCCCCNC(=S)Nc1ccc(Oc2ccccc2)nn1. The van der Waals surface area contributed by atoms with E-state index in [2.05, 4.69) is 27.8 Å². The Hall–Kier alpha value is -2.21. The molecule has 5 nitrogen and oxygen atoms in total. The summed E-state index contributed by atoms with van der Waals surface area (Å²) in [5.41, 5.74) is 0. The van der Waals surface area contributed by atoms with Gasteiger partial charge in [-0.1, -0.05) is 38.0 Å². The van der Waals surface area contributed by atoms with Gasteiger partial charge in [0.25, 0.3) is 0 Å². The second-order valence-electron chi connectivity index (χ2n) is 4.76. The Balaban J connectivity index is 1.80. The van der Waals surface area contributed by atoms with Crippen molar-refractivity contribution < 1.29 is 4.74 Å². The number of benzene rings is 1. The summed E-state index contributed by atoms with van der Waals surface area (Å²) in [5, 5.41) is 14.8. The zero-order chi connectivity index (χ0) is 15.6. The summed E-state index contributed by atoms with van der Waals surface area (Å²) in [6.45, 7) is 3.04. The summed E-state index contributed by atoms with van der Waals surface area (Å²) in [4.78, 5) is 0. The van der Waals surface area contributed by atoms with Crippen LogP contribution in [-0.4, -0.2) is 21.9 Å². The molecule has 0 aliphatic rings. The van der Waals surface area contributed by atoms with E-state index < -0.39 is 0 Å². The zero-order valence-corrected chi connectivity index (χ0v) is 13.4. The van der Waals surface area contributed by atoms with Gasteiger partial charge in [-0.05, 0) is 36.8 Å². The van der Waals surface area contributed by atoms with Crippen LogP contribution in [0.1, 0.15) is 26.2 Å². The quantitative estimate of drug-likeness (QED) is 0.599. The second kappa shape index (κ2) is 8.94. The highest BCUT2D eigenvalue weighted by molar-refractivity contribution is 7.80. The van der Waals surface area contributed by atoms with Crippen molar-refractivity contribution in [2.24, 2.45) is 0 Å². The van der Waals surface area contributed by atoms with Gasteiger partial charge in [0, 0.05) is 12.6 Å². The number of para-hydroxylation sites is 1. The van der Waals surface area contributed by atoms with Gasteiger partial charge in [0.1, 0.15) is 5.75 Å². The fraction of sp³-hybridized carbons (Fsp3) is 0.312. The van der Waals surface area contributed by atoms with Gasteiger partial charge in [-0.25, -0.2) is 0 Å². The minimum Gasteiger partial charge on any atom is -0.438 e. The Labute approximate surface area is 136 Å². The van der Waals surface area contributed by atoms with Gasteiger partial charge in [-0.2, -0.15) is 0 Å². The largest absolute Gasteiger partial charge is 0.438 e. The molecule has 0 amide bonds. The third kappa shape index (κ3) is 5.65. The predicted octanol–water partition coefficient (Wildman–Crippen LogP) is 3.75. The first-order valence-corrected chi connectivity index (χ1v) is 7.80. The van der Waals surface area contributed by atoms with E-state index in [1.54, 1.807) is 12.1 Å². The van der Waals surface area contributed by atoms with E-state index in [0.717, 1.165) is 18.7 Å². The fourth-order valence-electron chi connectivity index (χ4n) is 1.79. The molecule has 0 saturated heterocycles. The molecule has 0 aliphatic carbocycles. The van der Waals surface area contributed by atoms with Crippen LogP contribution in [0.5, 0.6) is 11.6 Å². The summed E-state index contributed by atoms with van der Waals surface area (Å²) in [5.74, 6) is 1.76. The van der Waals surface area contributed by atoms with Gasteiger partial charge < -0.3 is 15.4 Å². The Morgan fingerprint density at radius 3 is 2.59 bits per heavy atom. The highest BCUT2D eigenvalue weighted by atomic mass is 32.1. The standard InChI is InChI=1S/C16H20N4OS/c1-2-3-7-12-17-16(22)18-14-10-11-15(20-19-14)21-13-8-5-4-6-9-13/h4-6,8-11H,2-3,7,12H2,1H3,(H2,17,18,19,22). The predicted molar refractivity (Wildman–Crippen MR) is 92.3 cm³/mol. The van der Waals surface area contributed by atoms with Crippen LogP contribution >= 0.6 is 12.2 Å². The molecule has 0 atom stereocenters. The Kier molecular flexibility index (Phi) is 6.57. The number of hydrogen-bond donors (Lipinski definition) is 2. The van der Waals surface area contributed by atoms with E-state index in [1.807, 2.05) is 30.3 Å². The number of nitrogens with zero attached hydrogens (tertiary/aromatic N) is 2. The lowest BCUT2D eigenvalue weighted by atomic mass is 10.2. The number of unbranched alkanes of at least 4 members (excludes halogenated alkanes) is 2. The third-order valence-corrected chi connectivity index (χ3v) is 3.16. The van der Waals surface area contributed by atoms with Crippen LogP contribution < -0.4 is 15.4 Å². The number of ether oxygens (including phenoxy) is 1. The molecule has 0 aliphatic heterocycles. The van der Waals surface area contributed by atoms with Crippen LogP contribution in [-0.2, 0) is 0 Å². The van der Waals surface area contributed by atoms with Crippen LogP contribution in [0.15, 0.2) is 42.5 Å². The molecule has 0 saturated carbocycles.